The second-order valence-corrected chi connectivity index (χ2v) is 18.0. The average molecular weight is 851 g/mol. The predicted molar refractivity (Wildman–Crippen MR) is 251 cm³/mol. The van der Waals surface area contributed by atoms with E-state index < -0.39 is 5.60 Å². The molecule has 1 atom stereocenters. The monoisotopic (exact) mass is 850 g/mol. The van der Waals surface area contributed by atoms with E-state index in [0.717, 1.165) is 141 Å². The zero-order valence-electron chi connectivity index (χ0n) is 37.5. The molecule has 0 bridgehead atoms. The van der Waals surface area contributed by atoms with Crippen molar-refractivity contribution in [1.29, 1.82) is 0 Å². The highest BCUT2D eigenvalue weighted by atomic mass is 16.5. The number of hydrogen-bond donors (Lipinski definition) is 0. The minimum Gasteiger partial charge on any atom is -0.497 e. The summed E-state index contributed by atoms with van der Waals surface area (Å²) in [6.07, 6.45) is 10.8. The number of benzene rings is 5. The summed E-state index contributed by atoms with van der Waals surface area (Å²) in [6, 6.07) is 31.8. The van der Waals surface area contributed by atoms with Crippen molar-refractivity contribution in [2.75, 3.05) is 99.2 Å². The molecule has 330 valence electrons. The standard InChI is InChI=1S/C54H62N2O7/c1-57-29-23-53(24-30-58-2)48-8-6-5-7-43(48)50-46-35-45(37-9-15-40(16-10-37)55-25-31-61-32-26-55)49(60-4)36-47(46)52-44(51(50)53)21-22-54(63-52,39-13-19-42(59-3)20-14-39)38-11-17-41(18-12-38)56-27-33-62-34-28-56/h5-10,13-16,19-22,35-36,38,41H,11-12,17-18,23-34H2,1-4H3. The van der Waals surface area contributed by atoms with E-state index >= 15 is 0 Å². The van der Waals surface area contributed by atoms with Crippen LogP contribution in [0.2, 0.25) is 0 Å². The molecule has 5 aromatic carbocycles. The number of hydrogen-bond acceptors (Lipinski definition) is 9. The lowest BCUT2D eigenvalue weighted by Gasteiger charge is -2.47. The Bertz CT molecular complexity index is 2420. The van der Waals surface area contributed by atoms with Gasteiger partial charge in [0.05, 0.1) is 40.6 Å². The van der Waals surface area contributed by atoms with Crippen LogP contribution in [0.4, 0.5) is 5.69 Å². The van der Waals surface area contributed by atoms with Gasteiger partial charge in [0, 0.05) is 93.2 Å². The molecule has 2 aliphatic carbocycles. The van der Waals surface area contributed by atoms with Gasteiger partial charge < -0.3 is 38.1 Å². The van der Waals surface area contributed by atoms with Crippen LogP contribution in [0.3, 0.4) is 0 Å². The van der Waals surface area contributed by atoms with Crippen LogP contribution in [0.25, 0.3) is 39.1 Å². The molecule has 0 spiro atoms. The maximum Gasteiger partial charge on any atom is 0.155 e. The summed E-state index contributed by atoms with van der Waals surface area (Å²) in [5.41, 5.74) is 9.71. The molecule has 10 rings (SSSR count). The number of anilines is 1. The Balaban J connectivity index is 1.18. The Hall–Kier alpha value is -4.90. The highest BCUT2D eigenvalue weighted by Crippen LogP contribution is 2.62. The topological polar surface area (TPSA) is 71.1 Å². The summed E-state index contributed by atoms with van der Waals surface area (Å²) < 4.78 is 43.3. The molecule has 5 aliphatic rings. The largest absolute Gasteiger partial charge is 0.497 e. The van der Waals surface area contributed by atoms with Crippen molar-refractivity contribution < 1.29 is 33.2 Å². The Morgan fingerprint density at radius 3 is 2.03 bits per heavy atom. The second-order valence-electron chi connectivity index (χ2n) is 18.0. The van der Waals surface area contributed by atoms with Crippen molar-refractivity contribution in [2.45, 2.75) is 55.6 Å². The lowest BCUT2D eigenvalue weighted by molar-refractivity contribution is -0.0172. The fourth-order valence-corrected chi connectivity index (χ4v) is 11.8. The Kier molecular flexibility index (Phi) is 12.0. The highest BCUT2D eigenvalue weighted by molar-refractivity contribution is 6.10. The van der Waals surface area contributed by atoms with Crippen molar-refractivity contribution in [3.8, 4) is 39.5 Å². The van der Waals surface area contributed by atoms with E-state index in [0.29, 0.717) is 19.3 Å². The number of rotatable bonds is 13. The van der Waals surface area contributed by atoms with Crippen molar-refractivity contribution in [1.82, 2.24) is 4.90 Å². The van der Waals surface area contributed by atoms with Crippen LogP contribution in [0, 0.1) is 5.92 Å². The normalized spacial score (nSPS) is 22.9. The van der Waals surface area contributed by atoms with Gasteiger partial charge in [0.2, 0.25) is 0 Å². The zero-order valence-corrected chi connectivity index (χ0v) is 37.5. The molecule has 2 saturated heterocycles. The van der Waals surface area contributed by atoms with E-state index in [2.05, 4.69) is 107 Å². The summed E-state index contributed by atoms with van der Waals surface area (Å²) in [4.78, 5) is 5.05. The number of ether oxygens (including phenoxy) is 7. The Morgan fingerprint density at radius 1 is 0.683 bits per heavy atom. The molecule has 63 heavy (non-hydrogen) atoms. The van der Waals surface area contributed by atoms with Gasteiger partial charge >= 0.3 is 0 Å². The first-order chi connectivity index (χ1) is 31.0. The van der Waals surface area contributed by atoms with Crippen LogP contribution >= 0.6 is 0 Å². The van der Waals surface area contributed by atoms with E-state index in [1.54, 1.807) is 14.2 Å². The molecule has 0 radical (unpaired) electrons. The summed E-state index contributed by atoms with van der Waals surface area (Å²) in [5, 5.41) is 2.22. The highest BCUT2D eigenvalue weighted by Gasteiger charge is 2.50. The fourth-order valence-electron chi connectivity index (χ4n) is 11.8. The molecule has 0 amide bonds. The molecule has 1 unspecified atom stereocenters. The minimum atomic E-state index is -0.704. The fraction of sp³-hybridized carbons (Fsp3) is 0.444. The van der Waals surface area contributed by atoms with E-state index in [-0.39, 0.29) is 11.3 Å². The molecule has 3 fully saturated rings. The number of morpholine rings is 2. The number of methoxy groups -OCH3 is 4. The number of nitrogens with zero attached hydrogens (tertiary/aromatic N) is 2. The van der Waals surface area contributed by atoms with E-state index in [1.165, 1.54) is 27.9 Å². The predicted octanol–water partition coefficient (Wildman–Crippen LogP) is 9.89. The van der Waals surface area contributed by atoms with Crippen molar-refractivity contribution >= 4 is 22.5 Å². The van der Waals surface area contributed by atoms with Crippen LogP contribution in [0.5, 0.6) is 17.2 Å². The third-order valence-electron chi connectivity index (χ3n) is 15.0. The number of fused-ring (bicyclic) bond motifs is 8. The molecule has 1 saturated carbocycles. The van der Waals surface area contributed by atoms with Gasteiger partial charge in [-0.2, -0.15) is 0 Å². The SMILES string of the molecule is COCCC1(CCOC)c2ccccc2-c2c1c1c(c3cc(OC)c(-c4ccc(N5CCOCC5)cc4)cc23)OC(c2ccc(OC)cc2)(C2CCC(N3CCOCC3)CC2)C=C1. The summed E-state index contributed by atoms with van der Waals surface area (Å²) in [7, 11) is 7.14. The van der Waals surface area contributed by atoms with E-state index in [4.69, 9.17) is 33.2 Å². The summed E-state index contributed by atoms with van der Waals surface area (Å²) >= 11 is 0. The first-order valence-electron chi connectivity index (χ1n) is 23.1. The molecule has 3 aliphatic heterocycles. The van der Waals surface area contributed by atoms with Gasteiger partial charge in [-0.15, -0.1) is 0 Å². The minimum absolute atomic E-state index is 0.256. The molecular weight excluding hydrogens is 789 g/mol. The van der Waals surface area contributed by atoms with Crippen molar-refractivity contribution in [3.63, 3.8) is 0 Å². The smallest absolute Gasteiger partial charge is 0.155 e. The van der Waals surface area contributed by atoms with Crippen LogP contribution in [-0.4, -0.2) is 105 Å². The summed E-state index contributed by atoms with van der Waals surface area (Å²) in [6.45, 7) is 8.18. The van der Waals surface area contributed by atoms with Gasteiger partial charge in [-0.1, -0.05) is 54.6 Å². The molecular formula is C54H62N2O7. The molecule has 0 N–H and O–H groups in total. The van der Waals surface area contributed by atoms with Crippen molar-refractivity contribution in [3.05, 3.63) is 113 Å². The Labute approximate surface area is 372 Å². The van der Waals surface area contributed by atoms with Gasteiger partial charge in [0.1, 0.15) is 17.2 Å². The van der Waals surface area contributed by atoms with Crippen LogP contribution in [-0.2, 0) is 30.0 Å². The maximum atomic E-state index is 7.97. The van der Waals surface area contributed by atoms with E-state index in [1.807, 2.05) is 14.2 Å². The van der Waals surface area contributed by atoms with Crippen LogP contribution < -0.4 is 19.1 Å². The molecule has 9 nitrogen and oxygen atoms in total. The quantitative estimate of drug-likeness (QED) is 0.115. The summed E-state index contributed by atoms with van der Waals surface area (Å²) in [5.74, 6) is 2.82. The maximum absolute atomic E-state index is 7.97. The molecule has 3 heterocycles. The van der Waals surface area contributed by atoms with Gasteiger partial charge in [-0.25, -0.2) is 0 Å². The lowest BCUT2D eigenvalue weighted by Crippen LogP contribution is -2.48. The van der Waals surface area contributed by atoms with Crippen LogP contribution in [0.15, 0.2) is 91.0 Å². The third-order valence-corrected chi connectivity index (χ3v) is 15.0. The first kappa shape index (κ1) is 42.1. The molecule has 9 heteroatoms. The first-order valence-corrected chi connectivity index (χ1v) is 23.1. The van der Waals surface area contributed by atoms with Gasteiger partial charge in [0.15, 0.2) is 5.60 Å². The third kappa shape index (κ3) is 7.40. The Morgan fingerprint density at radius 2 is 1.37 bits per heavy atom. The van der Waals surface area contributed by atoms with Gasteiger partial charge in [0.25, 0.3) is 0 Å². The van der Waals surface area contributed by atoms with E-state index in [9.17, 15) is 0 Å². The molecule has 0 aromatic heterocycles. The zero-order chi connectivity index (χ0) is 43.0. The second kappa shape index (κ2) is 17.9. The van der Waals surface area contributed by atoms with Gasteiger partial charge in [-0.3, -0.25) is 4.90 Å². The molecule has 5 aromatic rings. The van der Waals surface area contributed by atoms with Crippen molar-refractivity contribution in [2.24, 2.45) is 5.92 Å². The lowest BCUT2D eigenvalue weighted by atomic mass is 9.68. The average Bonchev–Trinajstić information content (AvgIpc) is 3.65. The van der Waals surface area contributed by atoms with Gasteiger partial charge in [-0.05, 0) is 120 Å². The van der Waals surface area contributed by atoms with Crippen LogP contribution in [0.1, 0.15) is 60.8 Å².